The lowest BCUT2D eigenvalue weighted by Gasteiger charge is -2.12. The first-order chi connectivity index (χ1) is 13.0. The summed E-state index contributed by atoms with van der Waals surface area (Å²) in [6.07, 6.45) is 3.49. The summed E-state index contributed by atoms with van der Waals surface area (Å²) in [5.74, 6) is -1.11. The standard InChI is InChI=1S/C21H18N2O3S/c1-3-12-23-19(24)18(13-15-6-4-14(2)5-7-15)27-21(23)22-17-10-8-16(9-11-17)20(25)26/h3-11,13H,1,12H2,2H3,(H,25,26)/b18-13-,22-21?. The van der Waals surface area contributed by atoms with Crippen molar-refractivity contribution in [2.45, 2.75) is 6.92 Å². The lowest BCUT2D eigenvalue weighted by molar-refractivity contribution is -0.121. The number of carbonyl (C=O) groups excluding carboxylic acids is 1. The fourth-order valence-electron chi connectivity index (χ4n) is 2.48. The van der Waals surface area contributed by atoms with E-state index >= 15 is 0 Å². The number of rotatable bonds is 5. The van der Waals surface area contributed by atoms with Crippen LogP contribution in [0.2, 0.25) is 0 Å². The number of carboxylic acids is 1. The van der Waals surface area contributed by atoms with E-state index in [-0.39, 0.29) is 11.5 Å². The highest BCUT2D eigenvalue weighted by Gasteiger charge is 2.32. The Morgan fingerprint density at radius 3 is 2.44 bits per heavy atom. The van der Waals surface area contributed by atoms with E-state index in [1.54, 1.807) is 23.1 Å². The second kappa shape index (κ2) is 8.05. The first-order valence-electron chi connectivity index (χ1n) is 8.29. The molecule has 2 aromatic carbocycles. The van der Waals surface area contributed by atoms with Crippen molar-refractivity contribution in [3.63, 3.8) is 0 Å². The highest BCUT2D eigenvalue weighted by molar-refractivity contribution is 8.18. The number of amides is 1. The van der Waals surface area contributed by atoms with E-state index in [0.717, 1.165) is 11.1 Å². The molecule has 0 unspecified atom stereocenters. The molecule has 6 heteroatoms. The Bertz CT molecular complexity index is 944. The molecule has 0 spiro atoms. The van der Waals surface area contributed by atoms with Crippen molar-refractivity contribution in [1.29, 1.82) is 0 Å². The third kappa shape index (κ3) is 4.35. The molecule has 0 bridgehead atoms. The molecule has 1 fully saturated rings. The molecule has 0 radical (unpaired) electrons. The van der Waals surface area contributed by atoms with E-state index in [1.807, 2.05) is 37.3 Å². The molecule has 1 aliphatic heterocycles. The summed E-state index contributed by atoms with van der Waals surface area (Å²) < 4.78 is 0. The van der Waals surface area contributed by atoms with Gasteiger partial charge in [0.2, 0.25) is 0 Å². The molecule has 1 saturated heterocycles. The molecule has 3 rings (SSSR count). The second-order valence-electron chi connectivity index (χ2n) is 5.97. The van der Waals surface area contributed by atoms with Gasteiger partial charge in [-0.1, -0.05) is 35.9 Å². The summed E-state index contributed by atoms with van der Waals surface area (Å²) in [6.45, 7) is 6.07. The third-order valence-corrected chi connectivity index (χ3v) is 4.92. The molecule has 0 aliphatic carbocycles. The maximum absolute atomic E-state index is 12.7. The molecular weight excluding hydrogens is 360 g/mol. The van der Waals surface area contributed by atoms with Crippen LogP contribution in [0.5, 0.6) is 0 Å². The van der Waals surface area contributed by atoms with Gasteiger partial charge in [0.1, 0.15) is 0 Å². The molecular formula is C21H18N2O3S. The van der Waals surface area contributed by atoms with Crippen LogP contribution in [-0.2, 0) is 4.79 Å². The van der Waals surface area contributed by atoms with Crippen LogP contribution in [-0.4, -0.2) is 33.6 Å². The van der Waals surface area contributed by atoms with Crippen LogP contribution in [0.3, 0.4) is 0 Å². The zero-order valence-electron chi connectivity index (χ0n) is 14.8. The summed E-state index contributed by atoms with van der Waals surface area (Å²) in [4.78, 5) is 30.4. The van der Waals surface area contributed by atoms with Gasteiger partial charge in [-0.05, 0) is 54.6 Å². The highest BCUT2D eigenvalue weighted by Crippen LogP contribution is 2.34. The number of aliphatic imine (C=N–C) groups is 1. The molecule has 27 heavy (non-hydrogen) atoms. The zero-order valence-corrected chi connectivity index (χ0v) is 15.6. The lowest BCUT2D eigenvalue weighted by atomic mass is 10.1. The zero-order chi connectivity index (χ0) is 19.4. The predicted molar refractivity (Wildman–Crippen MR) is 109 cm³/mol. The van der Waals surface area contributed by atoms with Crippen LogP contribution in [0, 0.1) is 6.92 Å². The minimum Gasteiger partial charge on any atom is -0.478 e. The van der Waals surface area contributed by atoms with E-state index in [4.69, 9.17) is 5.11 Å². The largest absolute Gasteiger partial charge is 0.478 e. The molecule has 2 aromatic rings. The Hall–Kier alpha value is -3.12. The Balaban J connectivity index is 1.91. The number of aryl methyl sites for hydroxylation is 1. The number of thioether (sulfide) groups is 1. The van der Waals surface area contributed by atoms with Gasteiger partial charge in [-0.15, -0.1) is 6.58 Å². The summed E-state index contributed by atoms with van der Waals surface area (Å²) in [5, 5.41) is 9.53. The first-order valence-corrected chi connectivity index (χ1v) is 9.10. The molecule has 1 heterocycles. The smallest absolute Gasteiger partial charge is 0.335 e. The third-order valence-electron chi connectivity index (χ3n) is 3.91. The van der Waals surface area contributed by atoms with Crippen molar-refractivity contribution < 1.29 is 14.7 Å². The van der Waals surface area contributed by atoms with E-state index in [2.05, 4.69) is 11.6 Å². The van der Waals surface area contributed by atoms with Gasteiger partial charge >= 0.3 is 5.97 Å². The summed E-state index contributed by atoms with van der Waals surface area (Å²) in [5.41, 5.74) is 2.88. The molecule has 136 valence electrons. The van der Waals surface area contributed by atoms with Gasteiger partial charge < -0.3 is 5.11 Å². The number of benzene rings is 2. The monoisotopic (exact) mass is 378 g/mol. The number of hydrogen-bond donors (Lipinski definition) is 1. The second-order valence-corrected chi connectivity index (χ2v) is 6.98. The Kier molecular flexibility index (Phi) is 5.57. The number of amidine groups is 1. The number of nitrogens with zero attached hydrogens (tertiary/aromatic N) is 2. The van der Waals surface area contributed by atoms with Gasteiger partial charge in [-0.2, -0.15) is 0 Å². The van der Waals surface area contributed by atoms with Gasteiger partial charge in [0.05, 0.1) is 16.2 Å². The molecule has 1 N–H and O–H groups in total. The van der Waals surface area contributed by atoms with Crippen LogP contribution in [0.1, 0.15) is 21.5 Å². The Morgan fingerprint density at radius 2 is 1.85 bits per heavy atom. The van der Waals surface area contributed by atoms with Gasteiger partial charge in [-0.3, -0.25) is 9.69 Å². The van der Waals surface area contributed by atoms with Crippen LogP contribution in [0.15, 0.2) is 71.1 Å². The van der Waals surface area contributed by atoms with Crippen molar-refractivity contribution in [3.05, 3.63) is 82.8 Å². The van der Waals surface area contributed by atoms with E-state index in [9.17, 15) is 9.59 Å². The van der Waals surface area contributed by atoms with Crippen LogP contribution >= 0.6 is 11.8 Å². The molecule has 1 amide bonds. The molecule has 5 nitrogen and oxygen atoms in total. The average molecular weight is 378 g/mol. The van der Waals surface area contributed by atoms with Crippen LogP contribution in [0.25, 0.3) is 6.08 Å². The van der Waals surface area contributed by atoms with Gasteiger partial charge in [-0.25, -0.2) is 9.79 Å². The molecule has 1 aliphatic rings. The van der Waals surface area contributed by atoms with Crippen LogP contribution in [0.4, 0.5) is 5.69 Å². The van der Waals surface area contributed by atoms with Crippen molar-refractivity contribution in [1.82, 2.24) is 4.90 Å². The average Bonchev–Trinajstić information content (AvgIpc) is 2.93. The van der Waals surface area contributed by atoms with E-state index in [1.165, 1.54) is 23.9 Å². The summed E-state index contributed by atoms with van der Waals surface area (Å²) >= 11 is 1.29. The number of carboxylic acid groups (broad SMARTS) is 1. The lowest BCUT2D eigenvalue weighted by Crippen LogP contribution is -2.29. The molecule has 0 atom stereocenters. The summed E-state index contributed by atoms with van der Waals surface area (Å²) in [7, 11) is 0. The van der Waals surface area contributed by atoms with E-state index < -0.39 is 5.97 Å². The van der Waals surface area contributed by atoms with Gasteiger partial charge in [0, 0.05) is 6.54 Å². The first kappa shape index (κ1) is 18.7. The Morgan fingerprint density at radius 1 is 1.19 bits per heavy atom. The van der Waals surface area contributed by atoms with Gasteiger partial charge in [0.15, 0.2) is 5.17 Å². The van der Waals surface area contributed by atoms with Crippen molar-refractivity contribution >= 4 is 40.6 Å². The molecule has 0 aromatic heterocycles. The topological polar surface area (TPSA) is 70.0 Å². The predicted octanol–water partition coefficient (Wildman–Crippen LogP) is 4.48. The quantitative estimate of drug-likeness (QED) is 0.615. The fraction of sp³-hybridized carbons (Fsp3) is 0.0952. The minimum atomic E-state index is -0.990. The fourth-order valence-corrected chi connectivity index (χ4v) is 3.49. The SMILES string of the molecule is C=CCN1C(=O)/C(=C/c2ccc(C)cc2)SC1=Nc1ccc(C(=O)O)cc1. The van der Waals surface area contributed by atoms with Crippen LogP contribution < -0.4 is 0 Å². The number of aromatic carboxylic acids is 1. The normalized spacial score (nSPS) is 16.9. The van der Waals surface area contributed by atoms with E-state index in [0.29, 0.717) is 22.3 Å². The van der Waals surface area contributed by atoms with Gasteiger partial charge in [0.25, 0.3) is 5.91 Å². The van der Waals surface area contributed by atoms with Crippen molar-refractivity contribution in [2.24, 2.45) is 4.99 Å². The molecule has 0 saturated carbocycles. The minimum absolute atomic E-state index is 0.124. The maximum Gasteiger partial charge on any atom is 0.335 e. The maximum atomic E-state index is 12.7. The van der Waals surface area contributed by atoms with Crippen molar-refractivity contribution in [2.75, 3.05) is 6.54 Å². The highest BCUT2D eigenvalue weighted by atomic mass is 32.2. The summed E-state index contributed by atoms with van der Waals surface area (Å²) in [6, 6.07) is 14.1. The number of hydrogen-bond acceptors (Lipinski definition) is 4. The number of carbonyl (C=O) groups is 2. The van der Waals surface area contributed by atoms with Crippen molar-refractivity contribution in [3.8, 4) is 0 Å². The Labute approximate surface area is 161 Å².